The summed E-state index contributed by atoms with van der Waals surface area (Å²) in [5.41, 5.74) is 0. The number of nitrogens with one attached hydrogen (secondary N) is 1. The number of rotatable bonds is 0. The highest BCUT2D eigenvalue weighted by Gasteiger charge is 2.34. The zero-order chi connectivity index (χ0) is 7.72. The van der Waals surface area contributed by atoms with E-state index in [1.807, 2.05) is 0 Å². The van der Waals surface area contributed by atoms with Gasteiger partial charge in [0.1, 0.15) is 0 Å². The molecule has 0 bridgehead atoms. The maximum Gasteiger partial charge on any atom is 0.448 e. The molecule has 1 fully saturated rings. The van der Waals surface area contributed by atoms with Gasteiger partial charge < -0.3 is 24.8 Å². The molecule has 1 heterocycles. The first-order valence-corrected chi connectivity index (χ1v) is 2.64. The van der Waals surface area contributed by atoms with Crippen LogP contribution in [-0.2, 0) is 0 Å². The first-order valence-electron chi connectivity index (χ1n) is 2.31. The molecule has 1 aliphatic heterocycles. The van der Waals surface area contributed by atoms with Crippen molar-refractivity contribution >= 4 is 29.9 Å². The van der Waals surface area contributed by atoms with E-state index >= 15 is 0 Å². The molecule has 0 radical (unpaired) electrons. The van der Waals surface area contributed by atoms with Crippen molar-refractivity contribution in [1.82, 2.24) is 9.74 Å². The van der Waals surface area contributed by atoms with Gasteiger partial charge in [-0.3, -0.25) is 0 Å². The molecule has 6 amide bonds. The highest BCUT2D eigenvalue weighted by molar-refractivity contribution is 6.30. The molecular weight excluding hydrogens is 232 g/mol. The third-order valence-corrected chi connectivity index (χ3v) is 1.18. The highest BCUT2D eigenvalue weighted by atomic mass is 35.5. The summed E-state index contributed by atoms with van der Waals surface area (Å²) in [5.74, 6) is 0. The van der Waals surface area contributed by atoms with Crippen molar-refractivity contribution in [2.45, 2.75) is 0 Å². The summed E-state index contributed by atoms with van der Waals surface area (Å²) in [4.78, 5) is 31.2. The van der Waals surface area contributed by atoms with E-state index in [0.717, 1.165) is 0 Å². The monoisotopic (exact) mass is 234 g/mol. The molecule has 6 nitrogen and oxygen atoms in total. The molecule has 1 aliphatic rings. The van der Waals surface area contributed by atoms with E-state index in [4.69, 9.17) is 11.8 Å². The van der Waals surface area contributed by atoms with Gasteiger partial charge in [-0.15, -0.1) is 4.42 Å². The number of carbonyl (C=O) groups is 3. The van der Waals surface area contributed by atoms with E-state index in [0.29, 0.717) is 9.74 Å². The minimum atomic E-state index is -0.917. The van der Waals surface area contributed by atoms with E-state index < -0.39 is 18.1 Å². The fourth-order valence-corrected chi connectivity index (χ4v) is 0.551. The molecule has 0 aromatic rings. The average molecular weight is 235 g/mol. The molecular formula is C3H3Cl3N3O3-. The molecule has 9 heteroatoms. The summed E-state index contributed by atoms with van der Waals surface area (Å²) in [6.07, 6.45) is 0. The van der Waals surface area contributed by atoms with Gasteiger partial charge in [0.15, 0.2) is 0 Å². The first kappa shape index (κ1) is 14.0. The Morgan fingerprint density at radius 1 is 1.25 bits per heavy atom. The van der Waals surface area contributed by atoms with Crippen LogP contribution in [-0.4, -0.2) is 22.5 Å². The lowest BCUT2D eigenvalue weighted by Crippen LogP contribution is -3.00. The van der Waals surface area contributed by atoms with Crippen LogP contribution in [0.5, 0.6) is 0 Å². The lowest BCUT2D eigenvalue weighted by Gasteiger charge is -2.12. The zero-order valence-corrected chi connectivity index (χ0v) is 7.65. The number of hydrogen-bond donors (Lipinski definition) is 2. The van der Waals surface area contributed by atoms with Crippen LogP contribution < -0.4 is 35.4 Å². The zero-order valence-electron chi connectivity index (χ0n) is 5.38. The van der Waals surface area contributed by atoms with Crippen LogP contribution >= 0.6 is 11.8 Å². The Hall–Kier alpha value is -0.560. The summed E-state index contributed by atoms with van der Waals surface area (Å²) >= 11 is 5.07. The third kappa shape index (κ3) is 2.82. The van der Waals surface area contributed by atoms with Crippen molar-refractivity contribution in [2.75, 3.05) is 0 Å². The molecule has 0 saturated carbocycles. The van der Waals surface area contributed by atoms with Gasteiger partial charge in [0.2, 0.25) is 0 Å². The van der Waals surface area contributed by atoms with Crippen LogP contribution in [0.25, 0.3) is 0 Å². The minimum absolute atomic E-state index is 0. The van der Waals surface area contributed by atoms with Gasteiger partial charge in [0.05, 0.1) is 0 Å². The van der Waals surface area contributed by atoms with Crippen LogP contribution in [0.3, 0.4) is 0 Å². The number of nitrogens with zero attached hydrogens (tertiary/aromatic N) is 1. The van der Waals surface area contributed by atoms with E-state index in [2.05, 4.69) is 0 Å². The standard InChI is InChI=1S/C3H2ClN3O3.2ClH/c4-7-2(9)5-1(8)6-3(7)10;;/h(H2,5,6,8,9,10);2*1H/p-1. The summed E-state index contributed by atoms with van der Waals surface area (Å²) < 4.78 is 0.293. The Kier molecular flexibility index (Phi) is 6.01. The Morgan fingerprint density at radius 2 is 1.75 bits per heavy atom. The second-order valence-electron chi connectivity index (χ2n) is 1.56. The fraction of sp³-hybridized carbons (Fsp3) is 0. The minimum Gasteiger partial charge on any atom is -1.00 e. The predicted octanol–water partition coefficient (Wildman–Crippen LogP) is -7.02. The molecule has 3 N–H and O–H groups in total. The lowest BCUT2D eigenvalue weighted by molar-refractivity contribution is -0.457. The number of halogens is 3. The summed E-state index contributed by atoms with van der Waals surface area (Å²) in [5, 5.41) is 2.49. The van der Waals surface area contributed by atoms with Gasteiger partial charge in [-0.1, -0.05) is 0 Å². The maximum atomic E-state index is 10.5. The second-order valence-corrected chi connectivity index (χ2v) is 1.90. The SMILES string of the molecule is O=C1NC(=O)N(Cl)C(=O)[NH2+]1.[Cl-].[Cl-]. The smallest absolute Gasteiger partial charge is 0.448 e. The molecule has 1 saturated heterocycles. The topological polar surface area (TPSA) is 83.1 Å². The maximum absolute atomic E-state index is 10.5. The van der Waals surface area contributed by atoms with Gasteiger partial charge in [0, 0.05) is 11.8 Å². The van der Waals surface area contributed by atoms with Gasteiger partial charge in [-0.05, 0) is 0 Å². The number of quaternary nitrogens is 1. The number of urea groups is 3. The quantitative estimate of drug-likeness (QED) is 0.409. The molecule has 0 aromatic heterocycles. The van der Waals surface area contributed by atoms with Crippen LogP contribution in [0.15, 0.2) is 0 Å². The van der Waals surface area contributed by atoms with Crippen molar-refractivity contribution in [3.63, 3.8) is 0 Å². The van der Waals surface area contributed by atoms with E-state index in [1.165, 1.54) is 0 Å². The third-order valence-electron chi connectivity index (χ3n) is 0.856. The number of primary amides is 2. The fourth-order valence-electron chi connectivity index (χ4n) is 0.459. The van der Waals surface area contributed by atoms with Gasteiger partial charge in [0.25, 0.3) is 0 Å². The highest BCUT2D eigenvalue weighted by Crippen LogP contribution is 1.94. The number of hydrogen-bond acceptors (Lipinski definition) is 3. The molecule has 12 heavy (non-hydrogen) atoms. The van der Waals surface area contributed by atoms with Crippen molar-refractivity contribution in [3.05, 3.63) is 0 Å². The number of nitrogens with two attached hydrogens (primary N) is 1. The average Bonchev–Trinajstić information content (AvgIpc) is 1.82. The van der Waals surface area contributed by atoms with Crippen LogP contribution in [0.2, 0.25) is 0 Å². The first-order chi connectivity index (χ1) is 4.61. The van der Waals surface area contributed by atoms with Crippen molar-refractivity contribution < 1.29 is 44.5 Å². The summed E-state index contributed by atoms with van der Waals surface area (Å²) in [6.45, 7) is 0. The molecule has 0 aromatic carbocycles. The lowest BCUT2D eigenvalue weighted by atomic mass is 10.7. The van der Waals surface area contributed by atoms with Gasteiger partial charge >= 0.3 is 18.1 Å². The van der Waals surface area contributed by atoms with E-state index in [-0.39, 0.29) is 24.8 Å². The Morgan fingerprint density at radius 3 is 2.17 bits per heavy atom. The molecule has 0 aliphatic carbocycles. The summed E-state index contributed by atoms with van der Waals surface area (Å²) in [7, 11) is 0. The largest absolute Gasteiger partial charge is 1.00 e. The molecule has 70 valence electrons. The van der Waals surface area contributed by atoms with Crippen LogP contribution in [0.4, 0.5) is 14.4 Å². The number of imide groups is 3. The molecule has 0 spiro atoms. The molecule has 0 atom stereocenters. The van der Waals surface area contributed by atoms with Gasteiger partial charge in [-0.25, -0.2) is 19.7 Å². The van der Waals surface area contributed by atoms with Crippen LogP contribution in [0.1, 0.15) is 0 Å². The van der Waals surface area contributed by atoms with Crippen LogP contribution in [0, 0.1) is 0 Å². The Labute approximate surface area is 84.5 Å². The number of amides is 6. The van der Waals surface area contributed by atoms with E-state index in [9.17, 15) is 14.4 Å². The van der Waals surface area contributed by atoms with Crippen molar-refractivity contribution in [3.8, 4) is 0 Å². The predicted molar refractivity (Wildman–Crippen MR) is 28.9 cm³/mol. The second kappa shape index (κ2) is 5.15. The van der Waals surface area contributed by atoms with Gasteiger partial charge in [-0.2, -0.15) is 5.32 Å². The normalized spacial score (nSPS) is 16.1. The number of carbonyl (C=O) groups excluding carboxylic acids is 3. The Balaban J connectivity index is 0. The Bertz CT molecular complexity index is 200. The molecule has 0 unspecified atom stereocenters. The van der Waals surface area contributed by atoms with Crippen molar-refractivity contribution in [2.24, 2.45) is 0 Å². The van der Waals surface area contributed by atoms with Crippen molar-refractivity contribution in [1.29, 1.82) is 0 Å². The molecule has 1 rings (SSSR count). The van der Waals surface area contributed by atoms with E-state index in [1.54, 1.807) is 5.32 Å². The summed E-state index contributed by atoms with van der Waals surface area (Å²) in [6, 6.07) is -2.48.